The summed E-state index contributed by atoms with van der Waals surface area (Å²) >= 11 is 1.54. The minimum atomic E-state index is -0.287. The number of nitriles is 1. The minimum Gasteiger partial charge on any atom is -0.493 e. The number of hydrogen-bond donors (Lipinski definition) is 1. The maximum absolute atomic E-state index is 12.3. The summed E-state index contributed by atoms with van der Waals surface area (Å²) in [5.41, 5.74) is 2.55. The number of amides is 1. The number of nitrogens with zero attached hydrogens (tertiary/aromatic N) is 1. The molecule has 0 aromatic heterocycles. The summed E-state index contributed by atoms with van der Waals surface area (Å²) in [4.78, 5) is 12.3. The van der Waals surface area contributed by atoms with Crippen LogP contribution in [-0.2, 0) is 11.4 Å². The molecule has 1 N–H and O–H groups in total. The summed E-state index contributed by atoms with van der Waals surface area (Å²) in [6.45, 7) is 2.56. The summed E-state index contributed by atoms with van der Waals surface area (Å²) in [6, 6.07) is 17.9. The second-order valence-electron chi connectivity index (χ2n) is 7.05. The molecule has 0 unspecified atom stereocenters. The van der Waals surface area contributed by atoms with Gasteiger partial charge in [-0.05, 0) is 35.4 Å². The quantitative estimate of drug-likeness (QED) is 0.566. The SMILES string of the molecule is CCCCSC1=C(C#N)[C@@H](c2ccc(OCc3ccccc3)c(OC)c2)CC(=O)N1. The Morgan fingerprint density at radius 1 is 1.20 bits per heavy atom. The van der Waals surface area contributed by atoms with Crippen LogP contribution in [0.1, 0.15) is 43.2 Å². The molecule has 0 bridgehead atoms. The molecule has 1 heterocycles. The molecule has 1 aliphatic rings. The largest absolute Gasteiger partial charge is 0.493 e. The lowest BCUT2D eigenvalue weighted by Crippen LogP contribution is -2.31. The molecule has 1 atom stereocenters. The van der Waals surface area contributed by atoms with E-state index in [0.29, 0.717) is 28.7 Å². The van der Waals surface area contributed by atoms with Gasteiger partial charge in [0, 0.05) is 12.3 Å². The molecule has 0 aliphatic carbocycles. The van der Waals surface area contributed by atoms with E-state index in [9.17, 15) is 10.1 Å². The molecule has 0 saturated heterocycles. The number of ether oxygens (including phenoxy) is 2. The van der Waals surface area contributed by atoms with Crippen LogP contribution in [0.3, 0.4) is 0 Å². The average Bonchev–Trinajstić information content (AvgIpc) is 2.78. The van der Waals surface area contributed by atoms with E-state index in [2.05, 4.69) is 18.3 Å². The number of nitrogens with one attached hydrogen (secondary N) is 1. The smallest absolute Gasteiger partial charge is 0.225 e. The number of methoxy groups -OCH3 is 1. The monoisotopic (exact) mass is 422 g/mol. The topological polar surface area (TPSA) is 71.3 Å². The lowest BCUT2D eigenvalue weighted by molar-refractivity contribution is -0.120. The van der Waals surface area contributed by atoms with Gasteiger partial charge in [0.25, 0.3) is 0 Å². The van der Waals surface area contributed by atoms with Crippen molar-refractivity contribution in [1.82, 2.24) is 5.32 Å². The van der Waals surface area contributed by atoms with Crippen molar-refractivity contribution in [1.29, 1.82) is 5.26 Å². The molecule has 3 rings (SSSR count). The normalized spacial score (nSPS) is 16.0. The molecule has 6 heteroatoms. The first kappa shape index (κ1) is 21.8. The molecular weight excluding hydrogens is 396 g/mol. The zero-order chi connectivity index (χ0) is 21.3. The van der Waals surface area contributed by atoms with Crippen LogP contribution in [0, 0.1) is 11.3 Å². The molecular formula is C24H26N2O3S. The van der Waals surface area contributed by atoms with E-state index in [-0.39, 0.29) is 18.2 Å². The second-order valence-corrected chi connectivity index (χ2v) is 8.15. The third kappa shape index (κ3) is 5.37. The number of hydrogen-bond acceptors (Lipinski definition) is 5. The van der Waals surface area contributed by atoms with Gasteiger partial charge in [-0.15, -0.1) is 11.8 Å². The Labute approximate surface area is 182 Å². The van der Waals surface area contributed by atoms with E-state index in [1.54, 1.807) is 18.9 Å². The molecule has 5 nitrogen and oxygen atoms in total. The van der Waals surface area contributed by atoms with Gasteiger partial charge in [0.15, 0.2) is 11.5 Å². The van der Waals surface area contributed by atoms with Gasteiger partial charge in [-0.3, -0.25) is 4.79 Å². The third-order valence-electron chi connectivity index (χ3n) is 4.93. The molecule has 0 spiro atoms. The van der Waals surface area contributed by atoms with Gasteiger partial charge in [0.05, 0.1) is 23.8 Å². The number of unbranched alkanes of at least 4 members (excludes halogenated alkanes) is 1. The van der Waals surface area contributed by atoms with Crippen LogP contribution in [0.4, 0.5) is 0 Å². The predicted octanol–water partition coefficient (Wildman–Crippen LogP) is 5.15. The average molecular weight is 423 g/mol. The lowest BCUT2D eigenvalue weighted by atomic mass is 9.87. The molecule has 2 aromatic carbocycles. The van der Waals surface area contributed by atoms with Crippen molar-refractivity contribution in [2.24, 2.45) is 0 Å². The van der Waals surface area contributed by atoms with Crippen LogP contribution >= 0.6 is 11.8 Å². The van der Waals surface area contributed by atoms with Gasteiger partial charge >= 0.3 is 0 Å². The van der Waals surface area contributed by atoms with Crippen LogP contribution in [0.25, 0.3) is 0 Å². The Morgan fingerprint density at radius 3 is 2.70 bits per heavy atom. The first-order chi connectivity index (χ1) is 14.7. The summed E-state index contributed by atoms with van der Waals surface area (Å²) in [5, 5.41) is 13.4. The zero-order valence-electron chi connectivity index (χ0n) is 17.3. The minimum absolute atomic E-state index is 0.0682. The second kappa shape index (κ2) is 10.7. The highest BCUT2D eigenvalue weighted by molar-refractivity contribution is 8.03. The molecule has 1 amide bonds. The number of carbonyl (C=O) groups excluding carboxylic acids is 1. The van der Waals surface area contributed by atoms with Crippen molar-refractivity contribution in [2.45, 2.75) is 38.7 Å². The van der Waals surface area contributed by atoms with E-state index in [0.717, 1.165) is 29.7 Å². The fraction of sp³-hybridized carbons (Fsp3) is 0.333. The number of benzene rings is 2. The van der Waals surface area contributed by atoms with Crippen molar-refractivity contribution in [2.75, 3.05) is 12.9 Å². The van der Waals surface area contributed by atoms with Crippen LogP contribution < -0.4 is 14.8 Å². The lowest BCUT2D eigenvalue weighted by Gasteiger charge is -2.25. The predicted molar refractivity (Wildman–Crippen MR) is 119 cm³/mol. The Kier molecular flexibility index (Phi) is 7.81. The van der Waals surface area contributed by atoms with Crippen LogP contribution in [-0.4, -0.2) is 18.8 Å². The number of allylic oxidation sites excluding steroid dienone is 1. The van der Waals surface area contributed by atoms with Gasteiger partial charge < -0.3 is 14.8 Å². The Balaban J connectivity index is 1.83. The van der Waals surface area contributed by atoms with Gasteiger partial charge in [-0.2, -0.15) is 5.26 Å². The van der Waals surface area contributed by atoms with E-state index in [1.165, 1.54) is 0 Å². The van der Waals surface area contributed by atoms with E-state index in [4.69, 9.17) is 9.47 Å². The highest BCUT2D eigenvalue weighted by Gasteiger charge is 2.30. The van der Waals surface area contributed by atoms with Gasteiger partial charge in [0.2, 0.25) is 5.91 Å². The van der Waals surface area contributed by atoms with Crippen molar-refractivity contribution >= 4 is 17.7 Å². The number of rotatable bonds is 9. The highest BCUT2D eigenvalue weighted by Crippen LogP contribution is 2.39. The van der Waals surface area contributed by atoms with Crippen LogP contribution in [0.2, 0.25) is 0 Å². The Morgan fingerprint density at radius 2 is 2.00 bits per heavy atom. The number of thioether (sulfide) groups is 1. The summed E-state index contributed by atoms with van der Waals surface area (Å²) in [7, 11) is 1.59. The van der Waals surface area contributed by atoms with Gasteiger partial charge in [-0.1, -0.05) is 49.7 Å². The summed E-state index contributed by atoms with van der Waals surface area (Å²) < 4.78 is 11.5. The van der Waals surface area contributed by atoms with Gasteiger partial charge in [0.1, 0.15) is 6.61 Å². The molecule has 156 valence electrons. The Hall–Kier alpha value is -2.91. The van der Waals surface area contributed by atoms with E-state index in [1.807, 2.05) is 48.5 Å². The Bertz CT molecular complexity index is 951. The summed E-state index contributed by atoms with van der Waals surface area (Å²) in [6.07, 6.45) is 2.35. The van der Waals surface area contributed by atoms with E-state index >= 15 is 0 Å². The van der Waals surface area contributed by atoms with E-state index < -0.39 is 0 Å². The molecule has 2 aromatic rings. The maximum atomic E-state index is 12.3. The van der Waals surface area contributed by atoms with Crippen LogP contribution in [0.15, 0.2) is 59.1 Å². The summed E-state index contributed by atoms with van der Waals surface area (Å²) in [5.74, 6) is 1.74. The first-order valence-corrected chi connectivity index (χ1v) is 11.1. The standard InChI is InChI=1S/C24H26N2O3S/c1-3-4-12-30-24-20(15-25)19(14-23(27)26-24)18-10-11-21(22(13-18)28-2)29-16-17-8-6-5-7-9-17/h5-11,13,19H,3-4,12,14,16H2,1-2H3,(H,26,27)/t19-/m1/s1. The number of carbonyl (C=O) groups is 1. The molecule has 0 saturated carbocycles. The molecule has 0 radical (unpaired) electrons. The van der Waals surface area contributed by atoms with Gasteiger partial charge in [-0.25, -0.2) is 0 Å². The maximum Gasteiger partial charge on any atom is 0.225 e. The van der Waals surface area contributed by atoms with Crippen molar-refractivity contribution in [3.8, 4) is 17.6 Å². The molecule has 30 heavy (non-hydrogen) atoms. The van der Waals surface area contributed by atoms with Crippen molar-refractivity contribution in [3.05, 3.63) is 70.3 Å². The van der Waals surface area contributed by atoms with Crippen LogP contribution in [0.5, 0.6) is 11.5 Å². The molecule has 1 aliphatic heterocycles. The van der Waals surface area contributed by atoms with Crippen molar-refractivity contribution < 1.29 is 14.3 Å². The zero-order valence-corrected chi connectivity index (χ0v) is 18.1. The fourth-order valence-electron chi connectivity index (χ4n) is 3.29. The first-order valence-electron chi connectivity index (χ1n) is 10.1. The fourth-order valence-corrected chi connectivity index (χ4v) is 4.46. The highest BCUT2D eigenvalue weighted by atomic mass is 32.2. The van der Waals surface area contributed by atoms with Crippen molar-refractivity contribution in [3.63, 3.8) is 0 Å². The third-order valence-corrected chi connectivity index (χ3v) is 6.03. The molecule has 0 fully saturated rings.